The van der Waals surface area contributed by atoms with Gasteiger partial charge in [-0.15, -0.1) is 0 Å². The molecule has 0 amide bonds. The van der Waals surface area contributed by atoms with Crippen LogP contribution in [0.4, 0.5) is 4.39 Å². The number of aromatic hydroxyl groups is 1. The second kappa shape index (κ2) is 5.47. The number of nitrogens with zero attached hydrogens (tertiary/aromatic N) is 1. The molecule has 1 atom stereocenters. The standard InChI is InChI=1S/C15H21FN2O/c16-13-1-4-15(19)12(7-13)9-17-8-11-5-6-18(10-11)14-2-3-14/h1,4,7,11,14,17,19H,2-3,5-6,8-10H2. The number of halogens is 1. The Labute approximate surface area is 113 Å². The molecule has 1 aromatic rings. The maximum absolute atomic E-state index is 13.1. The Balaban J connectivity index is 1.44. The average Bonchev–Trinajstić information content (AvgIpc) is 3.14. The first kappa shape index (κ1) is 12.9. The second-order valence-corrected chi connectivity index (χ2v) is 5.78. The van der Waals surface area contributed by atoms with E-state index in [9.17, 15) is 9.50 Å². The lowest BCUT2D eigenvalue weighted by atomic mass is 10.1. The Morgan fingerprint density at radius 2 is 2.16 bits per heavy atom. The quantitative estimate of drug-likeness (QED) is 0.855. The topological polar surface area (TPSA) is 35.5 Å². The van der Waals surface area contributed by atoms with Gasteiger partial charge in [0.1, 0.15) is 11.6 Å². The molecule has 1 aliphatic carbocycles. The Hall–Kier alpha value is -1.13. The molecule has 3 rings (SSSR count). The minimum Gasteiger partial charge on any atom is -0.508 e. The molecule has 3 nitrogen and oxygen atoms in total. The highest BCUT2D eigenvalue weighted by Gasteiger charge is 2.33. The van der Waals surface area contributed by atoms with Crippen molar-refractivity contribution in [1.82, 2.24) is 10.2 Å². The first-order valence-corrected chi connectivity index (χ1v) is 7.14. The van der Waals surface area contributed by atoms with Gasteiger partial charge >= 0.3 is 0 Å². The largest absolute Gasteiger partial charge is 0.508 e. The van der Waals surface area contributed by atoms with Gasteiger partial charge in [-0.2, -0.15) is 0 Å². The molecule has 4 heteroatoms. The van der Waals surface area contributed by atoms with Gasteiger partial charge in [-0.05, 0) is 56.5 Å². The number of nitrogens with one attached hydrogen (secondary N) is 1. The van der Waals surface area contributed by atoms with Crippen molar-refractivity contribution in [2.45, 2.75) is 31.8 Å². The lowest BCUT2D eigenvalue weighted by molar-refractivity contribution is 0.311. The highest BCUT2D eigenvalue weighted by molar-refractivity contribution is 5.32. The van der Waals surface area contributed by atoms with E-state index < -0.39 is 0 Å². The maximum Gasteiger partial charge on any atom is 0.123 e. The predicted molar refractivity (Wildman–Crippen MR) is 72.5 cm³/mol. The molecule has 1 saturated carbocycles. The van der Waals surface area contributed by atoms with Crippen molar-refractivity contribution in [3.8, 4) is 5.75 Å². The highest BCUT2D eigenvalue weighted by atomic mass is 19.1. The first-order chi connectivity index (χ1) is 9.22. The van der Waals surface area contributed by atoms with Crippen LogP contribution in [0.2, 0.25) is 0 Å². The summed E-state index contributed by atoms with van der Waals surface area (Å²) in [5.41, 5.74) is 0.636. The van der Waals surface area contributed by atoms with Gasteiger partial charge in [0.15, 0.2) is 0 Å². The highest BCUT2D eigenvalue weighted by Crippen LogP contribution is 2.31. The summed E-state index contributed by atoms with van der Waals surface area (Å²) in [6, 6.07) is 4.95. The fourth-order valence-corrected chi connectivity index (χ4v) is 2.91. The Morgan fingerprint density at radius 1 is 1.32 bits per heavy atom. The van der Waals surface area contributed by atoms with E-state index in [1.807, 2.05) is 0 Å². The third-order valence-corrected chi connectivity index (χ3v) is 4.17. The van der Waals surface area contributed by atoms with Crippen molar-refractivity contribution < 1.29 is 9.50 Å². The van der Waals surface area contributed by atoms with Crippen molar-refractivity contribution in [2.75, 3.05) is 19.6 Å². The van der Waals surface area contributed by atoms with Crippen LogP contribution >= 0.6 is 0 Å². The molecule has 2 aliphatic rings. The number of hydrogen-bond acceptors (Lipinski definition) is 3. The van der Waals surface area contributed by atoms with Crippen LogP contribution in [0, 0.1) is 11.7 Å². The predicted octanol–water partition coefficient (Wildman–Crippen LogP) is 2.11. The van der Waals surface area contributed by atoms with Crippen molar-refractivity contribution in [3.05, 3.63) is 29.6 Å². The van der Waals surface area contributed by atoms with Crippen LogP contribution < -0.4 is 5.32 Å². The summed E-state index contributed by atoms with van der Waals surface area (Å²) in [5, 5.41) is 13.0. The zero-order chi connectivity index (χ0) is 13.2. The Kier molecular flexibility index (Phi) is 3.71. The van der Waals surface area contributed by atoms with E-state index in [0.717, 1.165) is 12.6 Å². The summed E-state index contributed by atoms with van der Waals surface area (Å²) < 4.78 is 13.1. The first-order valence-electron chi connectivity index (χ1n) is 7.14. The number of benzene rings is 1. The van der Waals surface area contributed by atoms with Gasteiger partial charge in [0.25, 0.3) is 0 Å². The van der Waals surface area contributed by atoms with E-state index in [0.29, 0.717) is 18.0 Å². The van der Waals surface area contributed by atoms with Crippen molar-refractivity contribution in [2.24, 2.45) is 5.92 Å². The molecule has 19 heavy (non-hydrogen) atoms. The number of likely N-dealkylation sites (tertiary alicyclic amines) is 1. The van der Waals surface area contributed by atoms with Crippen LogP contribution in [0.15, 0.2) is 18.2 Å². The lowest BCUT2D eigenvalue weighted by Gasteiger charge is -2.15. The molecule has 1 aliphatic heterocycles. The van der Waals surface area contributed by atoms with Gasteiger partial charge < -0.3 is 15.3 Å². The van der Waals surface area contributed by atoms with E-state index in [4.69, 9.17) is 0 Å². The molecule has 1 heterocycles. The Bertz CT molecular complexity index is 448. The SMILES string of the molecule is Oc1ccc(F)cc1CNCC1CCN(C2CC2)C1. The molecule has 0 radical (unpaired) electrons. The molecule has 0 spiro atoms. The zero-order valence-electron chi connectivity index (χ0n) is 11.1. The zero-order valence-corrected chi connectivity index (χ0v) is 11.1. The van der Waals surface area contributed by atoms with E-state index in [1.54, 1.807) is 0 Å². The number of rotatable bonds is 5. The normalized spacial score (nSPS) is 23.9. The van der Waals surface area contributed by atoms with Gasteiger partial charge in [0.05, 0.1) is 0 Å². The smallest absolute Gasteiger partial charge is 0.123 e. The third kappa shape index (κ3) is 3.25. The summed E-state index contributed by atoms with van der Waals surface area (Å²) in [6.45, 7) is 3.89. The van der Waals surface area contributed by atoms with Crippen LogP contribution in [-0.4, -0.2) is 35.7 Å². The molecule has 0 aromatic heterocycles. The number of phenolic OH excluding ortho intramolecular Hbond substituents is 1. The van der Waals surface area contributed by atoms with Gasteiger partial charge in [-0.1, -0.05) is 0 Å². The van der Waals surface area contributed by atoms with Crippen molar-refractivity contribution >= 4 is 0 Å². The monoisotopic (exact) mass is 264 g/mol. The van der Waals surface area contributed by atoms with Crippen LogP contribution in [0.25, 0.3) is 0 Å². The molecule has 1 saturated heterocycles. The molecular formula is C15H21FN2O. The summed E-state index contributed by atoms with van der Waals surface area (Å²) in [6.07, 6.45) is 3.99. The fraction of sp³-hybridized carbons (Fsp3) is 0.600. The summed E-state index contributed by atoms with van der Waals surface area (Å²) in [7, 11) is 0. The summed E-state index contributed by atoms with van der Waals surface area (Å²) in [5.74, 6) is 0.562. The molecular weight excluding hydrogens is 243 g/mol. The third-order valence-electron chi connectivity index (χ3n) is 4.17. The molecule has 2 N–H and O–H groups in total. The molecule has 0 bridgehead atoms. The summed E-state index contributed by atoms with van der Waals surface area (Å²) >= 11 is 0. The molecule has 104 valence electrons. The lowest BCUT2D eigenvalue weighted by Crippen LogP contribution is -2.27. The second-order valence-electron chi connectivity index (χ2n) is 5.78. The maximum atomic E-state index is 13.1. The van der Waals surface area contributed by atoms with Crippen molar-refractivity contribution in [3.63, 3.8) is 0 Å². The average molecular weight is 264 g/mol. The summed E-state index contributed by atoms with van der Waals surface area (Å²) in [4.78, 5) is 2.59. The molecule has 2 fully saturated rings. The molecule has 1 unspecified atom stereocenters. The van der Waals surface area contributed by atoms with E-state index in [1.165, 1.54) is 50.6 Å². The van der Waals surface area contributed by atoms with Gasteiger partial charge in [0, 0.05) is 24.7 Å². The van der Waals surface area contributed by atoms with E-state index in [2.05, 4.69) is 10.2 Å². The molecule has 1 aromatic carbocycles. The van der Waals surface area contributed by atoms with Crippen LogP contribution in [0.3, 0.4) is 0 Å². The van der Waals surface area contributed by atoms with Gasteiger partial charge in [-0.25, -0.2) is 4.39 Å². The fourth-order valence-electron chi connectivity index (χ4n) is 2.91. The van der Waals surface area contributed by atoms with Gasteiger partial charge in [-0.3, -0.25) is 0 Å². The van der Waals surface area contributed by atoms with E-state index >= 15 is 0 Å². The minimum atomic E-state index is -0.296. The Morgan fingerprint density at radius 3 is 2.95 bits per heavy atom. The van der Waals surface area contributed by atoms with Crippen LogP contribution in [0.5, 0.6) is 5.75 Å². The minimum absolute atomic E-state index is 0.167. The van der Waals surface area contributed by atoms with Crippen LogP contribution in [0.1, 0.15) is 24.8 Å². The van der Waals surface area contributed by atoms with E-state index in [-0.39, 0.29) is 11.6 Å². The van der Waals surface area contributed by atoms with Crippen molar-refractivity contribution in [1.29, 1.82) is 0 Å². The number of hydrogen-bond donors (Lipinski definition) is 2. The van der Waals surface area contributed by atoms with Gasteiger partial charge in [0.2, 0.25) is 0 Å². The van der Waals surface area contributed by atoms with Crippen LogP contribution in [-0.2, 0) is 6.54 Å². The number of phenols is 1.